The third-order valence-electron chi connectivity index (χ3n) is 3.09. The molecular formula is C15H39N7. The van der Waals surface area contributed by atoms with E-state index in [-0.39, 0.29) is 0 Å². The van der Waals surface area contributed by atoms with E-state index in [1.165, 1.54) is 0 Å². The van der Waals surface area contributed by atoms with Crippen LogP contribution in [0.4, 0.5) is 0 Å². The van der Waals surface area contributed by atoms with Gasteiger partial charge in [-0.25, -0.2) is 0 Å². The molecule has 0 bridgehead atoms. The van der Waals surface area contributed by atoms with Crippen molar-refractivity contribution in [3.05, 3.63) is 0 Å². The van der Waals surface area contributed by atoms with Crippen LogP contribution in [0.3, 0.4) is 0 Å². The summed E-state index contributed by atoms with van der Waals surface area (Å²) in [6.07, 6.45) is 0. The molecule has 0 aliphatic rings. The number of nitrogens with one attached hydrogen (secondary N) is 6. The van der Waals surface area contributed by atoms with E-state index < -0.39 is 0 Å². The predicted molar refractivity (Wildman–Crippen MR) is 96.5 cm³/mol. The molecule has 0 spiro atoms. The highest BCUT2D eigenvalue weighted by molar-refractivity contribution is 4.59. The minimum Gasteiger partial charge on any atom is -0.329 e. The molecule has 0 fully saturated rings. The topological polar surface area (TPSA) is 98.2 Å². The van der Waals surface area contributed by atoms with Crippen molar-refractivity contribution < 1.29 is 0 Å². The lowest BCUT2D eigenvalue weighted by molar-refractivity contribution is 0.536. The van der Waals surface area contributed by atoms with Crippen LogP contribution in [0.5, 0.6) is 0 Å². The van der Waals surface area contributed by atoms with Crippen LogP contribution in [0.1, 0.15) is 13.8 Å². The van der Waals surface area contributed by atoms with Crippen LogP contribution in [0.25, 0.3) is 0 Å². The Labute approximate surface area is 136 Å². The molecule has 0 heterocycles. The quantitative estimate of drug-likeness (QED) is 0.145. The highest BCUT2D eigenvalue weighted by atomic mass is 15.0. The zero-order chi connectivity index (χ0) is 16.3. The van der Waals surface area contributed by atoms with E-state index in [0.717, 1.165) is 72.0 Å². The number of nitrogens with two attached hydrogens (primary N) is 1. The molecule has 7 heteroatoms. The van der Waals surface area contributed by atoms with Crippen LogP contribution >= 0.6 is 0 Å². The van der Waals surface area contributed by atoms with Gasteiger partial charge in [-0.15, -0.1) is 0 Å². The average molecular weight is 318 g/mol. The van der Waals surface area contributed by atoms with Gasteiger partial charge in [0.1, 0.15) is 0 Å². The largest absolute Gasteiger partial charge is 0.329 e. The molecule has 7 nitrogen and oxygen atoms in total. The van der Waals surface area contributed by atoms with E-state index in [9.17, 15) is 0 Å². The molecule has 0 amide bonds. The van der Waals surface area contributed by atoms with E-state index in [0.29, 0.717) is 12.6 Å². The fourth-order valence-electron chi connectivity index (χ4n) is 1.88. The second-order valence-electron chi connectivity index (χ2n) is 5.65. The van der Waals surface area contributed by atoms with Gasteiger partial charge in [-0.05, 0) is 0 Å². The molecule has 0 radical (unpaired) electrons. The molecule has 0 aliphatic heterocycles. The molecule has 8 N–H and O–H groups in total. The van der Waals surface area contributed by atoms with Crippen molar-refractivity contribution in [2.45, 2.75) is 19.9 Å². The fourth-order valence-corrected chi connectivity index (χ4v) is 1.88. The molecule has 0 atom stereocenters. The summed E-state index contributed by atoms with van der Waals surface area (Å²) in [5, 5.41) is 20.3. The lowest BCUT2D eigenvalue weighted by Gasteiger charge is -2.10. The lowest BCUT2D eigenvalue weighted by Crippen LogP contribution is -2.38. The Kier molecular flexibility index (Phi) is 18.5. The molecule has 0 aliphatic carbocycles. The van der Waals surface area contributed by atoms with Crippen LogP contribution in [-0.4, -0.2) is 84.6 Å². The highest BCUT2D eigenvalue weighted by Crippen LogP contribution is 1.72. The summed E-state index contributed by atoms with van der Waals surface area (Å²) in [4.78, 5) is 0. The Morgan fingerprint density at radius 2 is 0.864 bits per heavy atom. The monoisotopic (exact) mass is 317 g/mol. The molecule has 0 saturated carbocycles. The Hall–Kier alpha value is -0.280. The first-order valence-corrected chi connectivity index (χ1v) is 8.74. The van der Waals surface area contributed by atoms with E-state index in [2.05, 4.69) is 45.7 Å². The van der Waals surface area contributed by atoms with Gasteiger partial charge in [-0.1, -0.05) is 13.8 Å². The van der Waals surface area contributed by atoms with Crippen molar-refractivity contribution in [2.24, 2.45) is 5.73 Å². The average Bonchev–Trinajstić information content (AvgIpc) is 2.50. The van der Waals surface area contributed by atoms with Crippen LogP contribution < -0.4 is 37.6 Å². The van der Waals surface area contributed by atoms with Gasteiger partial charge < -0.3 is 37.6 Å². The van der Waals surface area contributed by atoms with Gasteiger partial charge in [-0.3, -0.25) is 0 Å². The van der Waals surface area contributed by atoms with Gasteiger partial charge in [0.25, 0.3) is 0 Å². The van der Waals surface area contributed by atoms with E-state index in [1.807, 2.05) is 0 Å². The molecule has 134 valence electrons. The lowest BCUT2D eigenvalue weighted by atomic mass is 10.4. The summed E-state index contributed by atoms with van der Waals surface area (Å²) in [6, 6.07) is 0.572. The molecule has 0 saturated heterocycles. The van der Waals surface area contributed by atoms with Crippen molar-refractivity contribution in [3.63, 3.8) is 0 Å². The smallest absolute Gasteiger partial charge is 0.00791 e. The van der Waals surface area contributed by atoms with Gasteiger partial charge in [-0.2, -0.15) is 0 Å². The van der Waals surface area contributed by atoms with Crippen molar-refractivity contribution in [1.82, 2.24) is 31.9 Å². The van der Waals surface area contributed by atoms with Crippen molar-refractivity contribution in [2.75, 3.05) is 78.5 Å². The fraction of sp³-hybridized carbons (Fsp3) is 1.00. The van der Waals surface area contributed by atoms with Crippen molar-refractivity contribution in [3.8, 4) is 0 Å². The Balaban J connectivity index is 2.94. The SMILES string of the molecule is CC(C)NCCNCCNCCNCCNCCNCCN. The number of rotatable bonds is 18. The number of hydrogen-bond donors (Lipinski definition) is 7. The zero-order valence-electron chi connectivity index (χ0n) is 14.6. The molecule has 0 unspecified atom stereocenters. The first-order chi connectivity index (χ1) is 10.8. The van der Waals surface area contributed by atoms with Crippen molar-refractivity contribution >= 4 is 0 Å². The summed E-state index contributed by atoms with van der Waals surface area (Å²) in [5.41, 5.74) is 5.39. The van der Waals surface area contributed by atoms with Gasteiger partial charge in [0.2, 0.25) is 0 Å². The van der Waals surface area contributed by atoms with E-state index in [1.54, 1.807) is 0 Å². The van der Waals surface area contributed by atoms with E-state index in [4.69, 9.17) is 5.73 Å². The van der Waals surface area contributed by atoms with E-state index >= 15 is 0 Å². The molecular weight excluding hydrogens is 278 g/mol. The molecule has 0 aromatic rings. The molecule has 0 rings (SSSR count). The van der Waals surface area contributed by atoms with Gasteiger partial charge in [0, 0.05) is 84.6 Å². The number of hydrogen-bond acceptors (Lipinski definition) is 7. The maximum atomic E-state index is 5.39. The first kappa shape index (κ1) is 21.7. The summed E-state index contributed by atoms with van der Waals surface area (Å²) < 4.78 is 0. The Morgan fingerprint density at radius 1 is 0.545 bits per heavy atom. The normalized spacial score (nSPS) is 11.5. The first-order valence-electron chi connectivity index (χ1n) is 8.74. The third kappa shape index (κ3) is 19.7. The van der Waals surface area contributed by atoms with Crippen LogP contribution in [0.15, 0.2) is 0 Å². The standard InChI is InChI=1S/C15H39N7/c1-15(2)22-14-13-21-12-11-20-10-9-19-8-7-18-6-5-17-4-3-16/h15,17-22H,3-14,16H2,1-2H3. The van der Waals surface area contributed by atoms with Crippen LogP contribution in [-0.2, 0) is 0 Å². The summed E-state index contributed by atoms with van der Waals surface area (Å²) in [6.45, 7) is 16.1. The summed E-state index contributed by atoms with van der Waals surface area (Å²) in [7, 11) is 0. The van der Waals surface area contributed by atoms with Gasteiger partial charge in [0.05, 0.1) is 0 Å². The summed E-state index contributed by atoms with van der Waals surface area (Å²) in [5.74, 6) is 0. The second-order valence-corrected chi connectivity index (χ2v) is 5.65. The predicted octanol–water partition coefficient (Wildman–Crippen LogP) is -2.11. The molecule has 0 aromatic heterocycles. The minimum atomic E-state index is 0.572. The third-order valence-corrected chi connectivity index (χ3v) is 3.09. The summed E-state index contributed by atoms with van der Waals surface area (Å²) >= 11 is 0. The minimum absolute atomic E-state index is 0.572. The van der Waals surface area contributed by atoms with Crippen LogP contribution in [0, 0.1) is 0 Å². The maximum Gasteiger partial charge on any atom is 0.00791 e. The zero-order valence-corrected chi connectivity index (χ0v) is 14.6. The molecule has 22 heavy (non-hydrogen) atoms. The van der Waals surface area contributed by atoms with Crippen LogP contribution in [0.2, 0.25) is 0 Å². The van der Waals surface area contributed by atoms with Gasteiger partial charge in [0.15, 0.2) is 0 Å². The Morgan fingerprint density at radius 3 is 1.18 bits per heavy atom. The Bertz CT molecular complexity index is 202. The highest BCUT2D eigenvalue weighted by Gasteiger charge is 1.92. The second kappa shape index (κ2) is 18.8. The van der Waals surface area contributed by atoms with Crippen molar-refractivity contribution in [1.29, 1.82) is 0 Å². The molecule has 0 aromatic carbocycles. The maximum absolute atomic E-state index is 5.39. The van der Waals surface area contributed by atoms with Gasteiger partial charge >= 0.3 is 0 Å².